The molecular weight excluding hydrogens is 192 g/mol. The highest BCUT2D eigenvalue weighted by Crippen LogP contribution is 2.07. The molecule has 0 bridgehead atoms. The Balaban J connectivity index is 2.18. The predicted octanol–water partition coefficient (Wildman–Crippen LogP) is -0.464. The van der Waals surface area contributed by atoms with E-state index in [1.807, 2.05) is 11.9 Å². The molecule has 1 saturated heterocycles. The van der Waals surface area contributed by atoms with Crippen LogP contribution in [0.4, 0.5) is 0 Å². The molecule has 84 valence electrons. The Morgan fingerprint density at radius 3 is 2.93 bits per heavy atom. The first-order valence-corrected chi connectivity index (χ1v) is 5.27. The Labute approximate surface area is 90.9 Å². The van der Waals surface area contributed by atoms with Gasteiger partial charge in [-0.1, -0.05) is 11.8 Å². The van der Waals surface area contributed by atoms with E-state index in [-0.39, 0.29) is 12.5 Å². The van der Waals surface area contributed by atoms with Gasteiger partial charge in [0.15, 0.2) is 0 Å². The third kappa shape index (κ3) is 4.32. The second-order valence-electron chi connectivity index (χ2n) is 3.73. The van der Waals surface area contributed by atoms with Gasteiger partial charge >= 0.3 is 0 Å². The molecule has 1 rings (SSSR count). The Hall–Kier alpha value is -1.05. The minimum Gasteiger partial charge on any atom is -0.395 e. The van der Waals surface area contributed by atoms with Gasteiger partial charge in [0.1, 0.15) is 0 Å². The summed E-state index contributed by atoms with van der Waals surface area (Å²) >= 11 is 0. The summed E-state index contributed by atoms with van der Waals surface area (Å²) in [6, 6.07) is 0. The quantitative estimate of drug-likeness (QED) is 0.638. The van der Waals surface area contributed by atoms with Crippen molar-refractivity contribution in [2.24, 2.45) is 0 Å². The highest BCUT2D eigenvalue weighted by molar-refractivity contribution is 5.78. The number of amides is 1. The molecule has 1 fully saturated rings. The number of carbonyl (C=O) groups excluding carboxylic acids is 1. The fourth-order valence-corrected chi connectivity index (χ4v) is 1.46. The molecule has 0 aromatic rings. The van der Waals surface area contributed by atoms with Gasteiger partial charge in [0, 0.05) is 19.5 Å². The molecule has 1 aliphatic heterocycles. The second-order valence-corrected chi connectivity index (χ2v) is 3.73. The summed E-state index contributed by atoms with van der Waals surface area (Å²) in [5.74, 6) is 6.18. The molecule has 0 atom stereocenters. The molecule has 0 aromatic carbocycles. The molecule has 0 unspecified atom stereocenters. The van der Waals surface area contributed by atoms with Crippen molar-refractivity contribution in [1.29, 1.82) is 0 Å². The van der Waals surface area contributed by atoms with Crippen LogP contribution >= 0.6 is 0 Å². The van der Waals surface area contributed by atoms with E-state index in [9.17, 15) is 4.79 Å². The maximum absolute atomic E-state index is 11.2. The molecule has 4 nitrogen and oxygen atoms in total. The number of carbonyl (C=O) groups is 1. The van der Waals surface area contributed by atoms with Crippen molar-refractivity contribution < 1.29 is 9.90 Å². The minimum absolute atomic E-state index is 0.156. The standard InChI is InChI=1S/C11H18N2O2/c1-12(9-10-14)6-2-3-7-13-8-4-5-11(13)15/h14H,4-10H2,1H3. The predicted molar refractivity (Wildman–Crippen MR) is 58.2 cm³/mol. The molecule has 1 amide bonds. The average Bonchev–Trinajstić information content (AvgIpc) is 2.60. The van der Waals surface area contributed by atoms with Crippen LogP contribution in [0.2, 0.25) is 0 Å². The van der Waals surface area contributed by atoms with Gasteiger partial charge in [0.25, 0.3) is 0 Å². The summed E-state index contributed by atoms with van der Waals surface area (Å²) < 4.78 is 0. The van der Waals surface area contributed by atoms with Crippen molar-refractivity contribution in [3.05, 3.63) is 0 Å². The Bertz CT molecular complexity index is 267. The number of aliphatic hydroxyl groups excluding tert-OH is 1. The first kappa shape index (κ1) is 12.0. The van der Waals surface area contributed by atoms with Crippen LogP contribution in [0.3, 0.4) is 0 Å². The van der Waals surface area contributed by atoms with Crippen LogP contribution in [0.5, 0.6) is 0 Å². The summed E-state index contributed by atoms with van der Waals surface area (Å²) in [6.07, 6.45) is 1.64. The van der Waals surface area contributed by atoms with Crippen molar-refractivity contribution in [3.8, 4) is 11.8 Å². The third-order valence-corrected chi connectivity index (χ3v) is 2.40. The smallest absolute Gasteiger partial charge is 0.223 e. The van der Waals surface area contributed by atoms with Crippen molar-refractivity contribution in [1.82, 2.24) is 9.80 Å². The molecule has 0 spiro atoms. The molecule has 0 saturated carbocycles. The second kappa shape index (κ2) is 6.44. The van der Waals surface area contributed by atoms with Gasteiger partial charge in [-0.05, 0) is 13.5 Å². The molecule has 0 aromatic heterocycles. The van der Waals surface area contributed by atoms with Gasteiger partial charge in [0.2, 0.25) is 5.91 Å². The zero-order valence-electron chi connectivity index (χ0n) is 9.20. The van der Waals surface area contributed by atoms with E-state index in [0.29, 0.717) is 26.1 Å². The van der Waals surface area contributed by atoms with Gasteiger partial charge in [-0.2, -0.15) is 0 Å². The minimum atomic E-state index is 0.156. The highest BCUT2D eigenvalue weighted by atomic mass is 16.3. The van der Waals surface area contributed by atoms with Crippen LogP contribution in [0.25, 0.3) is 0 Å². The van der Waals surface area contributed by atoms with Crippen LogP contribution in [0, 0.1) is 11.8 Å². The summed E-state index contributed by atoms with van der Waals surface area (Å²) in [4.78, 5) is 15.0. The van der Waals surface area contributed by atoms with E-state index in [1.165, 1.54) is 0 Å². The summed E-state index contributed by atoms with van der Waals surface area (Å²) in [5.41, 5.74) is 0. The number of aliphatic hydroxyl groups is 1. The molecule has 15 heavy (non-hydrogen) atoms. The number of likely N-dealkylation sites (tertiary alicyclic amines) is 1. The maximum Gasteiger partial charge on any atom is 0.223 e. The van der Waals surface area contributed by atoms with E-state index in [4.69, 9.17) is 5.11 Å². The number of likely N-dealkylation sites (N-methyl/N-ethyl adjacent to an activating group) is 1. The first-order chi connectivity index (χ1) is 7.24. The van der Waals surface area contributed by atoms with Crippen molar-refractivity contribution in [2.45, 2.75) is 12.8 Å². The Morgan fingerprint density at radius 1 is 1.53 bits per heavy atom. The normalized spacial score (nSPS) is 15.7. The molecule has 1 heterocycles. The number of rotatable bonds is 4. The van der Waals surface area contributed by atoms with Gasteiger partial charge in [-0.25, -0.2) is 0 Å². The van der Waals surface area contributed by atoms with Crippen molar-refractivity contribution in [3.63, 3.8) is 0 Å². The SMILES string of the molecule is CN(CC#CCN1CCCC1=O)CCO. The van der Waals surface area contributed by atoms with Crippen molar-refractivity contribution >= 4 is 5.91 Å². The van der Waals surface area contributed by atoms with Crippen LogP contribution < -0.4 is 0 Å². The molecule has 4 heteroatoms. The molecular formula is C11H18N2O2. The summed E-state index contributed by atoms with van der Waals surface area (Å²) in [6.45, 7) is 2.83. The molecule has 1 N–H and O–H groups in total. The maximum atomic E-state index is 11.2. The van der Waals surface area contributed by atoms with E-state index in [0.717, 1.165) is 13.0 Å². The summed E-state index contributed by atoms with van der Waals surface area (Å²) in [7, 11) is 1.91. The van der Waals surface area contributed by atoms with Crippen LogP contribution in [-0.4, -0.2) is 60.6 Å². The highest BCUT2D eigenvalue weighted by Gasteiger charge is 2.18. The zero-order chi connectivity index (χ0) is 11.1. The third-order valence-electron chi connectivity index (χ3n) is 2.40. The zero-order valence-corrected chi connectivity index (χ0v) is 9.20. The monoisotopic (exact) mass is 210 g/mol. The van der Waals surface area contributed by atoms with E-state index in [2.05, 4.69) is 11.8 Å². The van der Waals surface area contributed by atoms with Gasteiger partial charge in [-0.15, -0.1) is 0 Å². The van der Waals surface area contributed by atoms with Crippen LogP contribution in [-0.2, 0) is 4.79 Å². The lowest BCUT2D eigenvalue weighted by molar-refractivity contribution is -0.127. The van der Waals surface area contributed by atoms with E-state index in [1.54, 1.807) is 4.90 Å². The average molecular weight is 210 g/mol. The van der Waals surface area contributed by atoms with Crippen LogP contribution in [0.15, 0.2) is 0 Å². The van der Waals surface area contributed by atoms with Gasteiger partial charge in [-0.3, -0.25) is 9.69 Å². The lowest BCUT2D eigenvalue weighted by Gasteiger charge is -2.11. The van der Waals surface area contributed by atoms with E-state index >= 15 is 0 Å². The largest absolute Gasteiger partial charge is 0.395 e. The molecule has 0 radical (unpaired) electrons. The lowest BCUT2D eigenvalue weighted by atomic mass is 10.4. The lowest BCUT2D eigenvalue weighted by Crippen LogP contribution is -2.25. The van der Waals surface area contributed by atoms with Crippen molar-refractivity contribution in [2.75, 3.05) is 39.8 Å². The molecule has 1 aliphatic rings. The first-order valence-electron chi connectivity index (χ1n) is 5.27. The van der Waals surface area contributed by atoms with Gasteiger partial charge in [0.05, 0.1) is 19.7 Å². The number of hydrogen-bond donors (Lipinski definition) is 1. The Kier molecular flexibility index (Phi) is 5.16. The fraction of sp³-hybridized carbons (Fsp3) is 0.727. The fourth-order valence-electron chi connectivity index (χ4n) is 1.46. The Morgan fingerprint density at radius 2 is 2.33 bits per heavy atom. The number of nitrogens with zero attached hydrogens (tertiary/aromatic N) is 2. The molecule has 0 aliphatic carbocycles. The van der Waals surface area contributed by atoms with Gasteiger partial charge < -0.3 is 10.0 Å². The summed E-state index contributed by atoms with van der Waals surface area (Å²) in [5, 5.41) is 8.66. The van der Waals surface area contributed by atoms with E-state index < -0.39 is 0 Å². The van der Waals surface area contributed by atoms with Crippen LogP contribution in [0.1, 0.15) is 12.8 Å². The topological polar surface area (TPSA) is 43.8 Å². The number of hydrogen-bond acceptors (Lipinski definition) is 3.